The van der Waals surface area contributed by atoms with Crippen LogP contribution in [0.2, 0.25) is 0 Å². The molecule has 2 heterocycles. The largest absolute Gasteiger partial charge is 0.475 e. The zero-order valence-corrected chi connectivity index (χ0v) is 9.80. The lowest BCUT2D eigenvalue weighted by atomic mass is 10.5. The zero-order chi connectivity index (χ0) is 11.7. The summed E-state index contributed by atoms with van der Waals surface area (Å²) in [6, 6.07) is 0. The zero-order valence-electron chi connectivity index (χ0n) is 8.21. The van der Waals surface area contributed by atoms with Gasteiger partial charge in [0.1, 0.15) is 5.69 Å². The Kier molecular flexibility index (Phi) is 2.73. The van der Waals surface area contributed by atoms with Crippen LogP contribution in [0.1, 0.15) is 17.5 Å². The number of aromatic nitrogens is 4. The maximum atomic E-state index is 10.6. The summed E-state index contributed by atoms with van der Waals surface area (Å²) in [6.45, 7) is 2.68. The second-order valence-electron chi connectivity index (χ2n) is 2.91. The van der Waals surface area contributed by atoms with Gasteiger partial charge in [0.15, 0.2) is 4.73 Å². The molecule has 8 heteroatoms. The number of carboxylic acids is 1. The van der Waals surface area contributed by atoms with Gasteiger partial charge >= 0.3 is 5.97 Å². The first kappa shape index (κ1) is 10.8. The second kappa shape index (κ2) is 4.05. The van der Waals surface area contributed by atoms with E-state index in [9.17, 15) is 4.79 Å². The Morgan fingerprint density at radius 1 is 1.62 bits per heavy atom. The van der Waals surface area contributed by atoms with Crippen molar-refractivity contribution in [1.82, 2.24) is 19.7 Å². The van der Waals surface area contributed by atoms with Crippen LogP contribution in [0.25, 0.3) is 11.6 Å². The van der Waals surface area contributed by atoms with Crippen LogP contribution in [0.4, 0.5) is 0 Å². The molecule has 0 aliphatic rings. The molecule has 0 aliphatic heterocycles. The van der Waals surface area contributed by atoms with Gasteiger partial charge in [-0.3, -0.25) is 0 Å². The summed E-state index contributed by atoms with van der Waals surface area (Å²) in [5.41, 5.74) is 0.439. The molecule has 0 aliphatic carbocycles. The Morgan fingerprint density at radius 3 is 2.88 bits per heavy atom. The molecule has 2 aromatic rings. The van der Waals surface area contributed by atoms with E-state index in [0.717, 1.165) is 6.54 Å². The van der Waals surface area contributed by atoms with Gasteiger partial charge in [-0.2, -0.15) is 4.98 Å². The van der Waals surface area contributed by atoms with Gasteiger partial charge in [0.05, 0.1) is 0 Å². The van der Waals surface area contributed by atoms with Gasteiger partial charge in [-0.1, -0.05) is 0 Å². The van der Waals surface area contributed by atoms with Crippen LogP contribution in [0.5, 0.6) is 0 Å². The molecule has 0 spiro atoms. The molecule has 0 amide bonds. The fourth-order valence-corrected chi connectivity index (χ4v) is 1.68. The normalized spacial score (nSPS) is 10.6. The van der Waals surface area contributed by atoms with E-state index in [1.165, 1.54) is 0 Å². The molecule has 0 saturated heterocycles. The molecule has 16 heavy (non-hydrogen) atoms. The summed E-state index contributed by atoms with van der Waals surface area (Å²) >= 11 is 3.26. The van der Waals surface area contributed by atoms with Gasteiger partial charge in [0.2, 0.25) is 0 Å². The Balaban J connectivity index is 2.38. The Hall–Kier alpha value is -1.70. The molecule has 84 valence electrons. The molecule has 0 unspecified atom stereocenters. The predicted octanol–water partition coefficient (Wildman–Crippen LogP) is 1.41. The third kappa shape index (κ3) is 1.83. The third-order valence-corrected chi connectivity index (χ3v) is 2.54. The molecule has 7 nitrogen and oxygen atoms in total. The summed E-state index contributed by atoms with van der Waals surface area (Å²) in [7, 11) is 0. The molecular weight excluding hydrogens is 280 g/mol. The number of nitrogens with zero attached hydrogens (tertiary/aromatic N) is 4. The fourth-order valence-electron chi connectivity index (χ4n) is 1.13. The minimum atomic E-state index is -1.23. The van der Waals surface area contributed by atoms with Crippen molar-refractivity contribution in [1.29, 1.82) is 0 Å². The number of hydrogen-bond acceptors (Lipinski definition) is 5. The van der Waals surface area contributed by atoms with E-state index in [0.29, 0.717) is 10.4 Å². The van der Waals surface area contributed by atoms with Crippen molar-refractivity contribution in [3.05, 3.63) is 16.8 Å². The van der Waals surface area contributed by atoms with Crippen molar-refractivity contribution in [2.45, 2.75) is 13.5 Å². The molecule has 2 rings (SSSR count). The molecule has 0 fully saturated rings. The van der Waals surface area contributed by atoms with Crippen LogP contribution in [0, 0.1) is 0 Å². The standard InChI is InChI=1S/C8H7BrN4O3/c1-2-13-3-4(10-8(13)9)6-11-5(7(14)15)12-16-6/h3H,2H2,1H3,(H,14,15). The fraction of sp³-hybridized carbons (Fsp3) is 0.250. The first-order chi connectivity index (χ1) is 7.61. The number of hydrogen-bond donors (Lipinski definition) is 1. The van der Waals surface area contributed by atoms with Crippen LogP contribution in [0.15, 0.2) is 15.5 Å². The summed E-state index contributed by atoms with van der Waals surface area (Å²) in [5, 5.41) is 11.9. The average molecular weight is 287 g/mol. The Labute approximate surface area is 98.2 Å². The predicted molar refractivity (Wildman–Crippen MR) is 55.9 cm³/mol. The van der Waals surface area contributed by atoms with E-state index in [2.05, 4.69) is 31.1 Å². The third-order valence-electron chi connectivity index (χ3n) is 1.90. The highest BCUT2D eigenvalue weighted by Crippen LogP contribution is 2.19. The summed E-state index contributed by atoms with van der Waals surface area (Å²) < 4.78 is 7.23. The first-order valence-electron chi connectivity index (χ1n) is 4.42. The van der Waals surface area contributed by atoms with Crippen molar-refractivity contribution in [2.75, 3.05) is 0 Å². The highest BCUT2D eigenvalue weighted by atomic mass is 79.9. The van der Waals surface area contributed by atoms with Crippen LogP contribution >= 0.6 is 15.9 Å². The Bertz CT molecular complexity index is 533. The summed E-state index contributed by atoms with van der Waals surface area (Å²) in [6.07, 6.45) is 1.70. The summed E-state index contributed by atoms with van der Waals surface area (Å²) in [4.78, 5) is 18.4. The molecular formula is C8H7BrN4O3. The van der Waals surface area contributed by atoms with E-state index < -0.39 is 5.97 Å². The van der Waals surface area contributed by atoms with Crippen LogP contribution in [-0.4, -0.2) is 30.8 Å². The average Bonchev–Trinajstić information content (AvgIpc) is 2.83. The number of carboxylic acid groups (broad SMARTS) is 1. The van der Waals surface area contributed by atoms with Crippen molar-refractivity contribution >= 4 is 21.9 Å². The van der Waals surface area contributed by atoms with Gasteiger partial charge in [-0.15, -0.1) is 0 Å². The second-order valence-corrected chi connectivity index (χ2v) is 3.62. The number of rotatable bonds is 3. The maximum absolute atomic E-state index is 10.6. The highest BCUT2D eigenvalue weighted by molar-refractivity contribution is 9.10. The van der Waals surface area contributed by atoms with E-state index in [4.69, 9.17) is 9.63 Å². The van der Waals surface area contributed by atoms with Gasteiger partial charge in [0.25, 0.3) is 11.7 Å². The SMILES string of the molecule is CCn1cc(-c2nc(C(=O)O)no2)nc1Br. The lowest BCUT2D eigenvalue weighted by Crippen LogP contribution is -1.98. The molecule has 0 saturated carbocycles. The van der Waals surface area contributed by atoms with E-state index in [1.54, 1.807) is 6.20 Å². The number of aryl methyl sites for hydroxylation is 1. The molecule has 0 atom stereocenters. The number of halogens is 1. The lowest BCUT2D eigenvalue weighted by Gasteiger charge is -1.93. The number of imidazole rings is 1. The maximum Gasteiger partial charge on any atom is 0.377 e. The van der Waals surface area contributed by atoms with Crippen molar-refractivity contribution in [3.8, 4) is 11.6 Å². The minimum Gasteiger partial charge on any atom is -0.475 e. The molecule has 2 aromatic heterocycles. The van der Waals surface area contributed by atoms with E-state index in [-0.39, 0.29) is 11.7 Å². The van der Waals surface area contributed by atoms with Gasteiger partial charge < -0.3 is 14.2 Å². The Morgan fingerprint density at radius 2 is 2.38 bits per heavy atom. The van der Waals surface area contributed by atoms with Gasteiger partial charge in [-0.25, -0.2) is 9.78 Å². The minimum absolute atomic E-state index is 0.0882. The van der Waals surface area contributed by atoms with Crippen LogP contribution in [-0.2, 0) is 6.54 Å². The van der Waals surface area contributed by atoms with Gasteiger partial charge in [0, 0.05) is 12.7 Å². The molecule has 0 bridgehead atoms. The van der Waals surface area contributed by atoms with E-state index in [1.807, 2.05) is 11.5 Å². The van der Waals surface area contributed by atoms with Crippen molar-refractivity contribution < 1.29 is 14.4 Å². The van der Waals surface area contributed by atoms with Gasteiger partial charge in [-0.05, 0) is 28.0 Å². The number of aromatic carboxylic acids is 1. The number of carbonyl (C=O) groups is 1. The van der Waals surface area contributed by atoms with Crippen molar-refractivity contribution in [3.63, 3.8) is 0 Å². The quantitative estimate of drug-likeness (QED) is 0.917. The topological polar surface area (TPSA) is 94.0 Å². The highest BCUT2D eigenvalue weighted by Gasteiger charge is 2.17. The molecule has 0 aromatic carbocycles. The molecule has 1 N–H and O–H groups in total. The summed E-state index contributed by atoms with van der Waals surface area (Å²) in [5.74, 6) is -1.52. The van der Waals surface area contributed by atoms with Crippen molar-refractivity contribution in [2.24, 2.45) is 0 Å². The smallest absolute Gasteiger partial charge is 0.377 e. The van der Waals surface area contributed by atoms with E-state index >= 15 is 0 Å². The lowest BCUT2D eigenvalue weighted by molar-refractivity contribution is 0.0680. The molecule has 0 radical (unpaired) electrons. The first-order valence-corrected chi connectivity index (χ1v) is 5.21. The van der Waals surface area contributed by atoms with Crippen LogP contribution < -0.4 is 0 Å². The monoisotopic (exact) mass is 286 g/mol. The van der Waals surface area contributed by atoms with Crippen LogP contribution in [0.3, 0.4) is 0 Å².